The van der Waals surface area contributed by atoms with Crippen LogP contribution >= 0.6 is 0 Å². The van der Waals surface area contributed by atoms with Gasteiger partial charge in [-0.05, 0) is 0 Å². The molecule has 0 amide bonds. The van der Waals surface area contributed by atoms with Crippen molar-refractivity contribution in [1.29, 1.82) is 0 Å². The van der Waals surface area contributed by atoms with Crippen molar-refractivity contribution in [3.05, 3.63) is 0 Å². The van der Waals surface area contributed by atoms with Gasteiger partial charge in [0.15, 0.2) is 0 Å². The molecule has 0 unspecified atom stereocenters. The molecule has 0 aromatic rings. The molecule has 0 heterocycles. The molecular formula is ArBrNaO3. The van der Waals surface area contributed by atoms with Crippen LogP contribution in [0.3, 0.4) is 0 Å². The Morgan fingerprint density at radius 2 is 1.00 bits per heavy atom. The van der Waals surface area contributed by atoms with Crippen LogP contribution in [0, 0.1) is 52.6 Å². The number of halogens is 1. The van der Waals surface area contributed by atoms with Gasteiger partial charge in [0.25, 0.3) is 0 Å². The number of hydrogen-bond acceptors (Lipinski definition) is 3. The molecule has 34 valence electrons. The fraction of sp³-hybridized carbons (Fsp3) is 0. The van der Waals surface area contributed by atoms with E-state index < -0.39 is 14.8 Å². The van der Waals surface area contributed by atoms with Crippen LogP contribution < -0.4 is 42.2 Å². The Morgan fingerprint density at radius 3 is 1.00 bits per heavy atom. The van der Waals surface area contributed by atoms with Gasteiger partial charge in [-0.2, -0.15) is 0 Å². The van der Waals surface area contributed by atoms with Gasteiger partial charge in [0.2, 0.25) is 14.8 Å². The molecular weight excluding hydrogens is 191 g/mol. The summed E-state index contributed by atoms with van der Waals surface area (Å²) in [6, 6.07) is 0. The van der Waals surface area contributed by atoms with Crippen molar-refractivity contribution in [3.63, 3.8) is 0 Å². The summed E-state index contributed by atoms with van der Waals surface area (Å²) in [4.78, 5) is 0. The van der Waals surface area contributed by atoms with Crippen LogP contribution in [0.15, 0.2) is 0 Å². The zero-order valence-electron chi connectivity index (χ0n) is 2.96. The van der Waals surface area contributed by atoms with E-state index in [0.717, 1.165) is 0 Å². The maximum atomic E-state index is 8.52. The molecule has 6 heteroatoms. The van der Waals surface area contributed by atoms with Crippen LogP contribution in [0.5, 0.6) is 0 Å². The normalized spacial score (nSPS) is 6.00. The predicted molar refractivity (Wildman–Crippen MR) is 0 cm³/mol. The third kappa shape index (κ3) is 30.5. The monoisotopic (exact) mass is 190 g/mol. The van der Waals surface area contributed by atoms with Crippen LogP contribution in [0.1, 0.15) is 0 Å². The van der Waals surface area contributed by atoms with Crippen molar-refractivity contribution in [2.24, 2.45) is 0 Å². The molecule has 0 aliphatic heterocycles. The summed E-state index contributed by atoms with van der Waals surface area (Å²) in [5.41, 5.74) is 0. The van der Waals surface area contributed by atoms with Crippen molar-refractivity contribution in [2.45, 2.75) is 0 Å². The zero-order valence-corrected chi connectivity index (χ0v) is 7.25. The molecule has 0 saturated carbocycles. The summed E-state index contributed by atoms with van der Waals surface area (Å²) in [5.74, 6) is 0. The molecule has 0 radical (unpaired) electrons. The van der Waals surface area contributed by atoms with E-state index in [0.29, 0.717) is 0 Å². The Bertz CT molecular complexity index is 15.5. The first-order valence-corrected chi connectivity index (χ1v) is 2.41. The van der Waals surface area contributed by atoms with Crippen molar-refractivity contribution in [1.82, 2.24) is 0 Å². The van der Waals surface area contributed by atoms with Crippen molar-refractivity contribution in [2.75, 3.05) is 0 Å². The maximum absolute atomic E-state index is 8.52. The molecule has 0 fully saturated rings. The first kappa shape index (κ1) is 15.8. The van der Waals surface area contributed by atoms with Gasteiger partial charge in [0.05, 0.1) is 0 Å². The van der Waals surface area contributed by atoms with E-state index in [-0.39, 0.29) is 67.3 Å². The largest absolute Gasteiger partial charge is 1.00 e. The average Bonchev–Trinajstić information content (AvgIpc) is 0.811. The molecule has 0 bridgehead atoms. The molecule has 0 N–H and O–H groups in total. The summed E-state index contributed by atoms with van der Waals surface area (Å²) >= 11 is -3.65. The van der Waals surface area contributed by atoms with Crippen LogP contribution in [-0.4, -0.2) is 0 Å². The van der Waals surface area contributed by atoms with E-state index >= 15 is 0 Å². The Hall–Kier alpha value is 2.62. The Balaban J connectivity index is -0.0000000450. The molecule has 3 nitrogen and oxygen atoms in total. The smallest absolute Gasteiger partial charge is 0.405 e. The van der Waals surface area contributed by atoms with Gasteiger partial charge in [-0.25, -0.2) is 0 Å². The minimum Gasteiger partial charge on any atom is -0.405 e. The Morgan fingerprint density at radius 1 is 1.00 bits per heavy atom. The standard InChI is InChI=1S/Ar.BrO3.Na/c;2-1(3)4;/q;-1;+1. The van der Waals surface area contributed by atoms with E-state index in [9.17, 15) is 0 Å². The number of hydrogen-bond donors (Lipinski definition) is 0. The Kier molecular flexibility index (Phi) is 27.9. The SMILES string of the molecule is [Ar].[Na+].[O-][Br+2]([O-])[O-]. The number of rotatable bonds is 0. The Labute approximate surface area is 92.8 Å². The van der Waals surface area contributed by atoms with Gasteiger partial charge in [-0.1, -0.05) is 0 Å². The molecule has 6 heavy (non-hydrogen) atoms. The zero-order chi connectivity index (χ0) is 3.58. The topological polar surface area (TPSA) is 69.2 Å². The summed E-state index contributed by atoms with van der Waals surface area (Å²) < 4.78 is 25.6. The summed E-state index contributed by atoms with van der Waals surface area (Å²) in [5, 5.41) is 0. The van der Waals surface area contributed by atoms with E-state index in [1.54, 1.807) is 0 Å². The van der Waals surface area contributed by atoms with Gasteiger partial charge >= 0.3 is 29.6 Å². The van der Waals surface area contributed by atoms with Crippen molar-refractivity contribution in [3.8, 4) is 0 Å². The second-order valence-corrected chi connectivity index (χ2v) is 0.982. The first-order valence-electron chi connectivity index (χ1n) is 0.463. The van der Waals surface area contributed by atoms with E-state index in [1.165, 1.54) is 0 Å². The van der Waals surface area contributed by atoms with Gasteiger partial charge in [-0.3, -0.25) is 0 Å². The molecule has 0 saturated heterocycles. The third-order valence-corrected chi connectivity index (χ3v) is 0. The van der Waals surface area contributed by atoms with E-state index in [4.69, 9.17) is 12.6 Å². The van der Waals surface area contributed by atoms with Gasteiger partial charge in [0, 0.05) is 37.7 Å². The van der Waals surface area contributed by atoms with Crippen molar-refractivity contribution < 1.29 is 94.7 Å². The molecule has 0 aromatic carbocycles. The van der Waals surface area contributed by atoms with Crippen molar-refractivity contribution >= 4 is 0 Å². The van der Waals surface area contributed by atoms with Crippen LogP contribution in [0.25, 0.3) is 0 Å². The molecule has 0 aromatic heterocycles. The summed E-state index contributed by atoms with van der Waals surface area (Å²) in [6.07, 6.45) is 0. The molecule has 0 rings (SSSR count). The van der Waals surface area contributed by atoms with Crippen LogP contribution in [-0.2, 0) is 0 Å². The molecule has 0 aliphatic rings. The first-order chi connectivity index (χ1) is 1.73. The van der Waals surface area contributed by atoms with E-state index in [2.05, 4.69) is 0 Å². The second kappa shape index (κ2) is 10.6. The van der Waals surface area contributed by atoms with E-state index in [1.807, 2.05) is 0 Å². The predicted octanol–water partition coefficient (Wildman–Crippen LogP) is -6.56. The van der Waals surface area contributed by atoms with Gasteiger partial charge in [-0.15, -0.1) is 0 Å². The van der Waals surface area contributed by atoms with Gasteiger partial charge < -0.3 is 12.6 Å². The maximum Gasteiger partial charge on any atom is 1.00 e. The van der Waals surface area contributed by atoms with Crippen LogP contribution in [0.2, 0.25) is 0 Å². The molecule has 0 atom stereocenters. The second-order valence-electron chi connectivity index (χ2n) is 0.189. The average molecular weight is 191 g/mol. The quantitative estimate of drug-likeness (QED) is 0.357. The fourth-order valence-corrected chi connectivity index (χ4v) is 0. The molecule has 0 aliphatic carbocycles. The third-order valence-electron chi connectivity index (χ3n) is 0. The minimum absolute atomic E-state index is 0. The fourth-order valence-electron chi connectivity index (χ4n) is 0. The van der Waals surface area contributed by atoms with Gasteiger partial charge in [0.1, 0.15) is 0 Å². The molecule has 0 spiro atoms. The van der Waals surface area contributed by atoms with Crippen LogP contribution in [0.4, 0.5) is 0 Å². The minimum atomic E-state index is -3.65. The summed E-state index contributed by atoms with van der Waals surface area (Å²) in [6.45, 7) is 0. The summed E-state index contributed by atoms with van der Waals surface area (Å²) in [7, 11) is 0.